The second-order valence-corrected chi connectivity index (χ2v) is 9.33. The molecule has 1 N–H and O–H groups in total. The number of pyridine rings is 1. The number of carbonyl (C=O) groups excluding carboxylic acids is 3. The second-order valence-electron chi connectivity index (χ2n) is 8.95. The quantitative estimate of drug-likeness (QED) is 0.305. The first-order valence-electron chi connectivity index (χ1n) is 12.1. The van der Waals surface area contributed by atoms with E-state index in [4.69, 9.17) is 21.1 Å². The summed E-state index contributed by atoms with van der Waals surface area (Å²) in [7, 11) is 1.84. The first kappa shape index (κ1) is 26.1. The number of hydrogen-bond acceptors (Lipinski definition) is 8. The van der Waals surface area contributed by atoms with Gasteiger partial charge in [0.15, 0.2) is 11.2 Å². The highest BCUT2D eigenvalue weighted by molar-refractivity contribution is 6.38. The maximum atomic E-state index is 15.4. The Morgan fingerprint density at radius 2 is 1.81 bits per heavy atom. The van der Waals surface area contributed by atoms with Gasteiger partial charge in [-0.05, 0) is 46.2 Å². The highest BCUT2D eigenvalue weighted by Crippen LogP contribution is 2.42. The van der Waals surface area contributed by atoms with E-state index in [0.29, 0.717) is 18.6 Å². The van der Waals surface area contributed by atoms with Crippen molar-refractivity contribution in [1.82, 2.24) is 9.88 Å². The number of nitrogens with one attached hydrogen (secondary N) is 1. The highest BCUT2D eigenvalue weighted by atomic mass is 35.5. The standard InChI is InChI=1S/C25H29ClFN3O6/c1-4-35-24(33)18(25(34)36-5-2)23(32)16-12-30(14-6-7-14)20-15(22(16)31)10-17(27)21(19(20)26)29-9-8-13(11-29)28-3/h10,12-14,18,28H,4-9,11H2,1-3H3/t13-/m1/s1. The van der Waals surface area contributed by atoms with Crippen LogP contribution in [-0.4, -0.2) is 61.7 Å². The number of nitrogens with zero attached hydrogens (tertiary/aromatic N) is 2. The highest BCUT2D eigenvalue weighted by Gasteiger charge is 2.40. The zero-order chi connectivity index (χ0) is 26.1. The molecule has 2 heterocycles. The lowest BCUT2D eigenvalue weighted by molar-refractivity contribution is -0.158. The summed E-state index contributed by atoms with van der Waals surface area (Å²) in [5.41, 5.74) is -0.688. The van der Waals surface area contributed by atoms with Crippen molar-refractivity contribution >= 4 is 45.9 Å². The summed E-state index contributed by atoms with van der Waals surface area (Å²) in [5.74, 6) is -5.89. The number of aromatic nitrogens is 1. The number of esters is 2. The molecule has 0 unspecified atom stereocenters. The van der Waals surface area contributed by atoms with Gasteiger partial charge in [-0.15, -0.1) is 0 Å². The molecule has 0 amide bonds. The van der Waals surface area contributed by atoms with Crippen molar-refractivity contribution in [2.24, 2.45) is 5.92 Å². The molecule has 0 radical (unpaired) electrons. The summed E-state index contributed by atoms with van der Waals surface area (Å²) in [6.07, 6.45) is 3.69. The average Bonchev–Trinajstić information content (AvgIpc) is 3.57. The summed E-state index contributed by atoms with van der Waals surface area (Å²) in [6.45, 7) is 4.08. The van der Waals surface area contributed by atoms with Gasteiger partial charge in [0.05, 0.1) is 40.4 Å². The van der Waals surface area contributed by atoms with Crippen LogP contribution in [0.3, 0.4) is 0 Å². The monoisotopic (exact) mass is 521 g/mol. The van der Waals surface area contributed by atoms with Crippen LogP contribution in [-0.2, 0) is 19.1 Å². The number of benzene rings is 1. The van der Waals surface area contributed by atoms with E-state index in [2.05, 4.69) is 5.32 Å². The zero-order valence-corrected chi connectivity index (χ0v) is 21.2. The molecule has 1 aliphatic carbocycles. The summed E-state index contributed by atoms with van der Waals surface area (Å²) < 4.78 is 26.9. The molecule has 36 heavy (non-hydrogen) atoms. The third kappa shape index (κ3) is 4.71. The van der Waals surface area contributed by atoms with Crippen LogP contribution < -0.4 is 15.6 Å². The van der Waals surface area contributed by atoms with Gasteiger partial charge in [-0.2, -0.15) is 0 Å². The number of fused-ring (bicyclic) bond motifs is 1. The van der Waals surface area contributed by atoms with E-state index >= 15 is 4.39 Å². The lowest BCUT2D eigenvalue weighted by atomic mass is 9.96. The Morgan fingerprint density at radius 1 is 1.17 bits per heavy atom. The molecule has 2 aromatic rings. The Hall–Kier alpha value is -2.98. The first-order valence-corrected chi connectivity index (χ1v) is 12.5. The van der Waals surface area contributed by atoms with Crippen molar-refractivity contribution in [2.45, 2.75) is 45.2 Å². The maximum Gasteiger partial charge on any atom is 0.328 e. The van der Waals surface area contributed by atoms with E-state index in [1.807, 2.05) is 11.9 Å². The normalized spacial score (nSPS) is 17.6. The first-order chi connectivity index (χ1) is 17.2. The van der Waals surface area contributed by atoms with Gasteiger partial charge in [0.2, 0.25) is 5.92 Å². The van der Waals surface area contributed by atoms with Crippen molar-refractivity contribution in [3.8, 4) is 0 Å². The number of ether oxygens (including phenoxy) is 2. The molecule has 1 saturated carbocycles. The summed E-state index contributed by atoms with van der Waals surface area (Å²) in [5, 5.41) is 3.19. The SMILES string of the molecule is CCOC(=O)C(C(=O)OCC)C(=O)c1cn(C2CC2)c2c(Cl)c(N3CC[C@@H](NC)C3)c(F)cc2c1=O. The number of hydrogen-bond donors (Lipinski definition) is 1. The van der Waals surface area contributed by atoms with Crippen molar-refractivity contribution < 1.29 is 28.2 Å². The molecule has 1 aromatic carbocycles. The minimum atomic E-state index is -1.95. The third-order valence-electron chi connectivity index (χ3n) is 6.61. The molecule has 2 fully saturated rings. The molecule has 2 aliphatic rings. The van der Waals surface area contributed by atoms with Crippen LogP contribution in [0.4, 0.5) is 10.1 Å². The molecule has 4 rings (SSSR count). The number of likely N-dealkylation sites (N-methyl/N-ethyl adjacent to an activating group) is 1. The topological polar surface area (TPSA) is 107 Å². The van der Waals surface area contributed by atoms with Crippen molar-refractivity contribution in [3.63, 3.8) is 0 Å². The van der Waals surface area contributed by atoms with E-state index in [-0.39, 0.29) is 41.4 Å². The minimum absolute atomic E-state index is 0.0530. The van der Waals surface area contributed by atoms with Crippen LogP contribution in [0.15, 0.2) is 17.1 Å². The zero-order valence-electron chi connectivity index (χ0n) is 20.4. The van der Waals surface area contributed by atoms with E-state index in [9.17, 15) is 19.2 Å². The third-order valence-corrected chi connectivity index (χ3v) is 6.97. The molecule has 194 valence electrons. The average molecular weight is 522 g/mol. The van der Waals surface area contributed by atoms with Crippen LogP contribution in [0.1, 0.15) is 49.5 Å². The molecule has 1 atom stereocenters. The Labute approximate surface area is 212 Å². The Balaban J connectivity index is 1.88. The van der Waals surface area contributed by atoms with Crippen LogP contribution in [0.5, 0.6) is 0 Å². The van der Waals surface area contributed by atoms with E-state index in [1.54, 1.807) is 4.57 Å². The molecule has 1 aliphatic heterocycles. The lowest BCUT2D eigenvalue weighted by Crippen LogP contribution is -2.37. The van der Waals surface area contributed by atoms with Crippen molar-refractivity contribution in [3.05, 3.63) is 38.9 Å². The van der Waals surface area contributed by atoms with Crippen LogP contribution in [0.25, 0.3) is 10.9 Å². The van der Waals surface area contributed by atoms with Gasteiger partial charge < -0.3 is 24.3 Å². The van der Waals surface area contributed by atoms with Crippen LogP contribution in [0.2, 0.25) is 5.02 Å². The summed E-state index contributed by atoms with van der Waals surface area (Å²) in [6, 6.07) is 1.22. The van der Waals surface area contributed by atoms with Crippen molar-refractivity contribution in [2.75, 3.05) is 38.3 Å². The van der Waals surface area contributed by atoms with Gasteiger partial charge in [0.1, 0.15) is 5.82 Å². The fourth-order valence-corrected chi connectivity index (χ4v) is 5.06. The van der Waals surface area contributed by atoms with Gasteiger partial charge in [0.25, 0.3) is 0 Å². The lowest BCUT2D eigenvalue weighted by Gasteiger charge is -2.23. The van der Waals surface area contributed by atoms with Gasteiger partial charge >= 0.3 is 11.9 Å². The van der Waals surface area contributed by atoms with E-state index in [1.165, 1.54) is 20.0 Å². The molecule has 0 spiro atoms. The Bertz CT molecular complexity index is 1260. The van der Waals surface area contributed by atoms with Crippen LogP contribution in [0, 0.1) is 11.7 Å². The predicted molar refractivity (Wildman–Crippen MR) is 132 cm³/mol. The molecule has 0 bridgehead atoms. The van der Waals surface area contributed by atoms with Gasteiger partial charge in [-0.1, -0.05) is 11.6 Å². The second kappa shape index (κ2) is 10.6. The summed E-state index contributed by atoms with van der Waals surface area (Å²) >= 11 is 6.75. The van der Waals surface area contributed by atoms with Gasteiger partial charge in [-0.25, -0.2) is 4.39 Å². The molecule has 9 nitrogen and oxygen atoms in total. The molecule has 1 saturated heterocycles. The van der Waals surface area contributed by atoms with E-state index in [0.717, 1.165) is 25.3 Å². The molecule has 1 aromatic heterocycles. The molecule has 11 heteroatoms. The fraction of sp³-hybridized carbons (Fsp3) is 0.520. The number of anilines is 1. The van der Waals surface area contributed by atoms with Gasteiger partial charge in [-0.3, -0.25) is 19.2 Å². The number of carbonyl (C=O) groups is 3. The van der Waals surface area contributed by atoms with Gasteiger partial charge in [0, 0.05) is 31.4 Å². The smallest absolute Gasteiger partial charge is 0.328 e. The predicted octanol–water partition coefficient (Wildman–Crippen LogP) is 2.85. The minimum Gasteiger partial charge on any atom is -0.465 e. The largest absolute Gasteiger partial charge is 0.465 e. The fourth-order valence-electron chi connectivity index (χ4n) is 4.65. The number of halogens is 2. The number of ketones is 1. The molecular weight excluding hydrogens is 493 g/mol. The Morgan fingerprint density at radius 3 is 2.33 bits per heavy atom. The summed E-state index contributed by atoms with van der Waals surface area (Å²) in [4.78, 5) is 53.7. The maximum absolute atomic E-state index is 15.4. The van der Waals surface area contributed by atoms with Crippen molar-refractivity contribution in [1.29, 1.82) is 0 Å². The Kier molecular flexibility index (Phi) is 7.65. The number of rotatable bonds is 9. The number of Topliss-reactive ketones (excluding diaryl/α,β-unsaturated/α-hetero) is 1. The van der Waals surface area contributed by atoms with E-state index < -0.39 is 40.4 Å². The molecular formula is C25H29ClFN3O6. The van der Waals surface area contributed by atoms with Crippen LogP contribution >= 0.6 is 11.6 Å².